The number of aromatic amines is 1. The molecule has 0 unspecified atom stereocenters. The fourth-order valence-electron chi connectivity index (χ4n) is 3.23. The van der Waals surface area contributed by atoms with Crippen molar-refractivity contribution in [2.24, 2.45) is 0 Å². The highest BCUT2D eigenvalue weighted by atomic mass is 16.5. The lowest BCUT2D eigenvalue weighted by molar-refractivity contribution is 0.299. The van der Waals surface area contributed by atoms with Gasteiger partial charge < -0.3 is 20.8 Å². The van der Waals surface area contributed by atoms with Crippen LogP contribution in [0.4, 0.5) is 5.82 Å². The maximum absolute atomic E-state index is 12.5. The van der Waals surface area contributed by atoms with Crippen molar-refractivity contribution in [3.05, 3.63) is 39.8 Å². The molecular formula is C19H27N5O2. The average molecular weight is 357 g/mol. The fraction of sp³-hybridized carbons (Fsp3) is 0.474. The molecule has 0 radical (unpaired) electrons. The van der Waals surface area contributed by atoms with Gasteiger partial charge in [0.1, 0.15) is 5.52 Å². The molecule has 0 spiro atoms. The molecule has 7 heteroatoms. The van der Waals surface area contributed by atoms with Gasteiger partial charge in [0.2, 0.25) is 5.88 Å². The first-order valence-corrected chi connectivity index (χ1v) is 9.23. The minimum Gasteiger partial charge on any atom is -0.478 e. The molecule has 0 aliphatic carbocycles. The van der Waals surface area contributed by atoms with Crippen molar-refractivity contribution in [3.8, 4) is 5.88 Å². The van der Waals surface area contributed by atoms with Crippen molar-refractivity contribution in [1.29, 1.82) is 0 Å². The van der Waals surface area contributed by atoms with E-state index in [0.717, 1.165) is 43.4 Å². The van der Waals surface area contributed by atoms with Crippen molar-refractivity contribution < 1.29 is 4.74 Å². The predicted octanol–water partition coefficient (Wildman–Crippen LogP) is 2.35. The van der Waals surface area contributed by atoms with E-state index in [0.29, 0.717) is 24.5 Å². The summed E-state index contributed by atoms with van der Waals surface area (Å²) in [6, 6.07) is 1.79. The molecule has 1 aliphatic rings. The number of likely N-dealkylation sites (N-methyl/N-ethyl adjacent to an activating group) is 1. The van der Waals surface area contributed by atoms with E-state index in [1.54, 1.807) is 10.6 Å². The molecular weight excluding hydrogens is 330 g/mol. The maximum Gasteiger partial charge on any atom is 0.326 e. The molecule has 2 aromatic rings. The number of nitrogens with zero attached hydrogens (tertiary/aromatic N) is 2. The summed E-state index contributed by atoms with van der Waals surface area (Å²) in [6.45, 7) is 7.01. The van der Waals surface area contributed by atoms with Gasteiger partial charge in [0.05, 0.1) is 18.7 Å². The van der Waals surface area contributed by atoms with E-state index in [9.17, 15) is 4.79 Å². The molecule has 3 rings (SSSR count). The highest BCUT2D eigenvalue weighted by Gasteiger charge is 2.14. The molecule has 26 heavy (non-hydrogen) atoms. The molecule has 4 N–H and O–H groups in total. The number of imidazole rings is 1. The van der Waals surface area contributed by atoms with E-state index >= 15 is 0 Å². The summed E-state index contributed by atoms with van der Waals surface area (Å²) in [4.78, 5) is 19.6. The minimum atomic E-state index is -0.189. The van der Waals surface area contributed by atoms with E-state index in [4.69, 9.17) is 10.5 Å². The van der Waals surface area contributed by atoms with E-state index in [2.05, 4.69) is 41.3 Å². The lowest BCUT2D eigenvalue weighted by Crippen LogP contribution is -2.19. The molecule has 2 aromatic heterocycles. The van der Waals surface area contributed by atoms with Gasteiger partial charge in [0, 0.05) is 12.6 Å². The smallest absolute Gasteiger partial charge is 0.326 e. The number of pyridine rings is 1. The molecule has 140 valence electrons. The van der Waals surface area contributed by atoms with Crippen LogP contribution in [0.25, 0.3) is 11.0 Å². The topological polar surface area (TPSA) is 98.0 Å². The zero-order valence-corrected chi connectivity index (χ0v) is 15.5. The van der Waals surface area contributed by atoms with Gasteiger partial charge in [-0.1, -0.05) is 31.6 Å². The maximum atomic E-state index is 12.5. The number of nitrogen functional groups attached to an aromatic ring is 1. The second-order valence-electron chi connectivity index (χ2n) is 6.48. The van der Waals surface area contributed by atoms with E-state index < -0.39 is 0 Å². The number of hydrogen-bond acceptors (Lipinski definition) is 5. The van der Waals surface area contributed by atoms with Crippen LogP contribution in [0.15, 0.2) is 34.2 Å². The fourth-order valence-corrected chi connectivity index (χ4v) is 3.23. The first kappa shape index (κ1) is 18.3. The molecule has 7 nitrogen and oxygen atoms in total. The average Bonchev–Trinajstić information content (AvgIpc) is 2.92. The molecule has 0 fully saturated rings. The number of hydrogen-bond donors (Lipinski definition) is 3. The normalized spacial score (nSPS) is 19.0. The van der Waals surface area contributed by atoms with E-state index in [1.807, 2.05) is 0 Å². The highest BCUT2D eigenvalue weighted by Crippen LogP contribution is 2.23. The number of rotatable bonds is 4. The van der Waals surface area contributed by atoms with Gasteiger partial charge >= 0.3 is 5.69 Å². The van der Waals surface area contributed by atoms with Gasteiger partial charge in [-0.25, -0.2) is 4.79 Å². The second-order valence-corrected chi connectivity index (χ2v) is 6.48. The number of H-pyrrole nitrogens is 1. The Morgan fingerprint density at radius 3 is 3.08 bits per heavy atom. The van der Waals surface area contributed by atoms with Crippen molar-refractivity contribution in [3.63, 3.8) is 0 Å². The zero-order valence-electron chi connectivity index (χ0n) is 15.5. The molecule has 0 saturated carbocycles. The second kappa shape index (κ2) is 8.23. The zero-order chi connectivity index (χ0) is 18.5. The molecule has 0 saturated heterocycles. The SMILES string of the molecule is CC/C=C1\C=C(\CNCC)CCCOc2cc3c([nH]c(=O)n3C1)c(N)n2. The minimum absolute atomic E-state index is 0.189. The number of ether oxygens (including phenoxy) is 1. The van der Waals surface area contributed by atoms with Crippen LogP contribution in [0.2, 0.25) is 0 Å². The Morgan fingerprint density at radius 2 is 2.31 bits per heavy atom. The third-order valence-electron chi connectivity index (χ3n) is 4.46. The quantitative estimate of drug-likeness (QED) is 0.780. The molecule has 0 aromatic carbocycles. The van der Waals surface area contributed by atoms with Gasteiger partial charge in [-0.15, -0.1) is 0 Å². The summed E-state index contributed by atoms with van der Waals surface area (Å²) in [5.74, 6) is 0.747. The van der Waals surface area contributed by atoms with Crippen LogP contribution < -0.4 is 21.5 Å². The Kier molecular flexibility index (Phi) is 5.78. The summed E-state index contributed by atoms with van der Waals surface area (Å²) >= 11 is 0. The number of nitrogens with one attached hydrogen (secondary N) is 2. The molecule has 0 amide bonds. The Bertz CT molecular complexity index is 891. The van der Waals surface area contributed by atoms with Gasteiger partial charge in [0.15, 0.2) is 5.82 Å². The number of nitrogens with two attached hydrogens (primary N) is 1. The van der Waals surface area contributed by atoms with Crippen LogP contribution in [0.1, 0.15) is 33.1 Å². The molecule has 1 aliphatic heterocycles. The van der Waals surface area contributed by atoms with Crippen LogP contribution in [0, 0.1) is 0 Å². The summed E-state index contributed by atoms with van der Waals surface area (Å²) < 4.78 is 7.47. The third kappa shape index (κ3) is 3.99. The lowest BCUT2D eigenvalue weighted by atomic mass is 10.1. The van der Waals surface area contributed by atoms with Crippen LogP contribution in [0.5, 0.6) is 5.88 Å². The van der Waals surface area contributed by atoms with Crippen LogP contribution >= 0.6 is 0 Å². The molecule has 2 bridgehead atoms. The highest BCUT2D eigenvalue weighted by molar-refractivity contribution is 5.85. The van der Waals surface area contributed by atoms with Gasteiger partial charge in [-0.2, -0.15) is 4.98 Å². The van der Waals surface area contributed by atoms with E-state index in [1.165, 1.54) is 5.57 Å². The molecule has 0 atom stereocenters. The van der Waals surface area contributed by atoms with Crippen LogP contribution in [-0.4, -0.2) is 34.2 Å². The Labute approximate surface area is 152 Å². The van der Waals surface area contributed by atoms with E-state index in [-0.39, 0.29) is 11.5 Å². The molecule has 3 heterocycles. The summed E-state index contributed by atoms with van der Waals surface area (Å²) in [5, 5.41) is 3.39. The number of anilines is 1. The third-order valence-corrected chi connectivity index (χ3v) is 4.46. The first-order valence-electron chi connectivity index (χ1n) is 9.23. The summed E-state index contributed by atoms with van der Waals surface area (Å²) in [6.07, 6.45) is 7.13. The monoisotopic (exact) mass is 357 g/mol. The van der Waals surface area contributed by atoms with Crippen molar-refractivity contribution >= 4 is 16.9 Å². The van der Waals surface area contributed by atoms with Crippen LogP contribution in [0.3, 0.4) is 0 Å². The standard InChI is InChI=1S/C19H27N5O2/c1-3-6-14-9-13(11-21-4-2)7-5-8-26-16-10-15-17(18(20)22-16)23-19(25)24(15)12-14/h6,9-10,21H,3-5,7-8,11-12H2,1-2H3,(H2,20,22)(H,23,25)/b13-9+,14-6+. The Balaban J connectivity index is 2.08. The number of fused-ring (bicyclic) bond motifs is 1. The van der Waals surface area contributed by atoms with Crippen molar-refractivity contribution in [1.82, 2.24) is 19.9 Å². The van der Waals surface area contributed by atoms with Gasteiger partial charge in [0.25, 0.3) is 0 Å². The van der Waals surface area contributed by atoms with Crippen molar-refractivity contribution in [2.45, 2.75) is 39.7 Å². The number of allylic oxidation sites excluding steroid dienone is 3. The number of aromatic nitrogens is 3. The predicted molar refractivity (Wildman–Crippen MR) is 104 cm³/mol. The lowest BCUT2D eigenvalue weighted by Gasteiger charge is -2.14. The Hall–Kier alpha value is -2.54. The van der Waals surface area contributed by atoms with Crippen molar-refractivity contribution in [2.75, 3.05) is 25.4 Å². The largest absolute Gasteiger partial charge is 0.478 e. The first-order chi connectivity index (χ1) is 12.6. The summed E-state index contributed by atoms with van der Waals surface area (Å²) in [7, 11) is 0. The van der Waals surface area contributed by atoms with Gasteiger partial charge in [-0.3, -0.25) is 4.57 Å². The summed E-state index contributed by atoms with van der Waals surface area (Å²) in [5.41, 5.74) is 9.55. The van der Waals surface area contributed by atoms with Crippen LogP contribution in [-0.2, 0) is 6.54 Å². The Morgan fingerprint density at radius 1 is 1.46 bits per heavy atom. The van der Waals surface area contributed by atoms with Gasteiger partial charge in [-0.05, 0) is 31.4 Å².